The Morgan fingerprint density at radius 1 is 0.909 bits per heavy atom. The molecule has 0 radical (unpaired) electrons. The second kappa shape index (κ2) is 9.11. The largest absolute Gasteiger partial charge is 0.497 e. The molecule has 1 amide bonds. The first-order chi connectivity index (χ1) is 16.2. The molecular formula is C26H24N4O2S. The van der Waals surface area contributed by atoms with E-state index in [2.05, 4.69) is 22.3 Å². The van der Waals surface area contributed by atoms with Gasteiger partial charge < -0.3 is 9.30 Å². The number of carbonyl (C=O) groups is 1. The summed E-state index contributed by atoms with van der Waals surface area (Å²) >= 11 is 1.40. The first-order valence-electron chi connectivity index (χ1n) is 10.8. The second-order valence-corrected chi connectivity index (χ2v) is 8.81. The van der Waals surface area contributed by atoms with Crippen LogP contribution in [0.15, 0.2) is 78.0 Å². The number of ether oxygens (including phenoxy) is 1. The molecule has 0 bridgehead atoms. The SMILES string of the molecule is COc1ccc(-c2nnc(SCC(=O)N3c4ccccc4CCc4ccccc43)n2C)cc1. The number of benzene rings is 3. The number of anilines is 2. The molecule has 0 aliphatic carbocycles. The molecule has 1 aliphatic rings. The van der Waals surface area contributed by atoms with Crippen LogP contribution in [-0.2, 0) is 24.7 Å². The average molecular weight is 457 g/mol. The van der Waals surface area contributed by atoms with Crippen LogP contribution in [0.1, 0.15) is 11.1 Å². The molecule has 7 heteroatoms. The fraction of sp³-hybridized carbons (Fsp3) is 0.192. The summed E-state index contributed by atoms with van der Waals surface area (Å²) in [7, 11) is 3.56. The summed E-state index contributed by atoms with van der Waals surface area (Å²) < 4.78 is 7.15. The van der Waals surface area contributed by atoms with E-state index in [9.17, 15) is 4.79 Å². The van der Waals surface area contributed by atoms with Gasteiger partial charge in [-0.3, -0.25) is 9.69 Å². The molecule has 0 fully saturated rings. The number of para-hydroxylation sites is 2. The first kappa shape index (κ1) is 21.3. The number of aromatic nitrogens is 3. The lowest BCUT2D eigenvalue weighted by atomic mass is 10.0. The summed E-state index contributed by atoms with van der Waals surface area (Å²) in [4.78, 5) is 15.4. The Morgan fingerprint density at radius 2 is 1.52 bits per heavy atom. The highest BCUT2D eigenvalue weighted by Crippen LogP contribution is 2.36. The second-order valence-electron chi connectivity index (χ2n) is 7.87. The van der Waals surface area contributed by atoms with Gasteiger partial charge in [0.1, 0.15) is 5.75 Å². The average Bonchev–Trinajstić information content (AvgIpc) is 3.13. The van der Waals surface area contributed by atoms with Gasteiger partial charge in [-0.05, 0) is 60.4 Å². The molecular weight excluding hydrogens is 432 g/mol. The first-order valence-corrected chi connectivity index (χ1v) is 11.8. The standard InChI is InChI=1S/C26H24N4O2S/c1-29-25(20-13-15-21(32-2)16-14-20)27-28-26(29)33-17-24(31)30-22-9-5-3-7-18(22)11-12-19-8-4-6-10-23(19)30/h3-10,13-16H,11-12,17H2,1-2H3. The van der Waals surface area contributed by atoms with Crippen molar-refractivity contribution >= 4 is 29.0 Å². The summed E-state index contributed by atoms with van der Waals surface area (Å²) in [6, 6.07) is 24.0. The number of thioether (sulfide) groups is 1. The molecule has 0 atom stereocenters. The number of hydrogen-bond donors (Lipinski definition) is 0. The van der Waals surface area contributed by atoms with Gasteiger partial charge >= 0.3 is 0 Å². The van der Waals surface area contributed by atoms with Crippen LogP contribution in [0.3, 0.4) is 0 Å². The van der Waals surface area contributed by atoms with Gasteiger partial charge in [-0.1, -0.05) is 48.2 Å². The highest BCUT2D eigenvalue weighted by atomic mass is 32.2. The predicted molar refractivity (Wildman–Crippen MR) is 131 cm³/mol. The van der Waals surface area contributed by atoms with E-state index in [-0.39, 0.29) is 11.7 Å². The van der Waals surface area contributed by atoms with Gasteiger partial charge in [-0.2, -0.15) is 0 Å². The zero-order valence-electron chi connectivity index (χ0n) is 18.6. The van der Waals surface area contributed by atoms with E-state index in [0.717, 1.165) is 41.4 Å². The maximum absolute atomic E-state index is 13.5. The molecule has 0 saturated carbocycles. The van der Waals surface area contributed by atoms with Crippen molar-refractivity contribution in [1.29, 1.82) is 0 Å². The van der Waals surface area contributed by atoms with E-state index < -0.39 is 0 Å². The molecule has 3 aromatic carbocycles. The van der Waals surface area contributed by atoms with Crippen molar-refractivity contribution in [2.75, 3.05) is 17.8 Å². The normalized spacial score (nSPS) is 12.6. The lowest BCUT2D eigenvalue weighted by Crippen LogP contribution is -2.28. The van der Waals surface area contributed by atoms with E-state index in [0.29, 0.717) is 5.16 Å². The zero-order valence-corrected chi connectivity index (χ0v) is 19.4. The minimum atomic E-state index is 0.0239. The summed E-state index contributed by atoms with van der Waals surface area (Å²) in [5.41, 5.74) is 5.24. The summed E-state index contributed by atoms with van der Waals surface area (Å²) in [5, 5.41) is 9.38. The Kier molecular flexibility index (Phi) is 5.88. The Hall–Kier alpha value is -3.58. The van der Waals surface area contributed by atoms with Crippen LogP contribution < -0.4 is 9.64 Å². The lowest BCUT2D eigenvalue weighted by Gasteiger charge is -2.24. The molecule has 0 spiro atoms. The number of fused-ring (bicyclic) bond motifs is 2. The van der Waals surface area contributed by atoms with Crippen molar-refractivity contribution in [2.24, 2.45) is 7.05 Å². The van der Waals surface area contributed by atoms with Gasteiger partial charge in [0.15, 0.2) is 11.0 Å². The van der Waals surface area contributed by atoms with E-state index >= 15 is 0 Å². The molecule has 33 heavy (non-hydrogen) atoms. The van der Waals surface area contributed by atoms with Crippen molar-refractivity contribution in [3.05, 3.63) is 83.9 Å². The maximum atomic E-state index is 13.5. The summed E-state index contributed by atoms with van der Waals surface area (Å²) in [6.07, 6.45) is 1.83. The molecule has 1 aliphatic heterocycles. The lowest BCUT2D eigenvalue weighted by molar-refractivity contribution is -0.115. The molecule has 0 saturated heterocycles. The maximum Gasteiger partial charge on any atom is 0.242 e. The highest BCUT2D eigenvalue weighted by Gasteiger charge is 2.26. The molecule has 2 heterocycles. The number of nitrogens with zero attached hydrogens (tertiary/aromatic N) is 4. The molecule has 0 unspecified atom stereocenters. The summed E-state index contributed by atoms with van der Waals surface area (Å²) in [6.45, 7) is 0. The Balaban J connectivity index is 1.39. The third kappa shape index (κ3) is 4.12. The third-order valence-electron chi connectivity index (χ3n) is 5.89. The molecule has 1 aromatic heterocycles. The number of rotatable bonds is 5. The van der Waals surface area contributed by atoms with E-state index in [1.165, 1.54) is 22.9 Å². The smallest absolute Gasteiger partial charge is 0.242 e. The van der Waals surface area contributed by atoms with E-state index in [1.807, 2.05) is 77.2 Å². The zero-order chi connectivity index (χ0) is 22.8. The van der Waals surface area contributed by atoms with Crippen LogP contribution in [0.25, 0.3) is 11.4 Å². The van der Waals surface area contributed by atoms with E-state index in [4.69, 9.17) is 4.74 Å². The van der Waals surface area contributed by atoms with Crippen LogP contribution in [0.5, 0.6) is 5.75 Å². The van der Waals surface area contributed by atoms with Crippen LogP contribution in [-0.4, -0.2) is 33.5 Å². The number of amides is 1. The van der Waals surface area contributed by atoms with Gasteiger partial charge in [-0.15, -0.1) is 10.2 Å². The van der Waals surface area contributed by atoms with Crippen molar-refractivity contribution < 1.29 is 9.53 Å². The van der Waals surface area contributed by atoms with Crippen molar-refractivity contribution in [3.8, 4) is 17.1 Å². The van der Waals surface area contributed by atoms with Gasteiger partial charge in [-0.25, -0.2) is 0 Å². The van der Waals surface area contributed by atoms with Crippen molar-refractivity contribution in [3.63, 3.8) is 0 Å². The fourth-order valence-electron chi connectivity index (χ4n) is 4.17. The number of hydrogen-bond acceptors (Lipinski definition) is 5. The monoisotopic (exact) mass is 456 g/mol. The van der Waals surface area contributed by atoms with Gasteiger partial charge in [0.2, 0.25) is 5.91 Å². The quantitative estimate of drug-likeness (QED) is 0.394. The Morgan fingerprint density at radius 3 is 2.12 bits per heavy atom. The highest BCUT2D eigenvalue weighted by molar-refractivity contribution is 7.99. The van der Waals surface area contributed by atoms with Crippen LogP contribution in [0, 0.1) is 0 Å². The Bertz CT molecular complexity index is 1250. The number of methoxy groups -OCH3 is 1. The van der Waals surface area contributed by atoms with Crippen LogP contribution in [0.2, 0.25) is 0 Å². The third-order valence-corrected chi connectivity index (χ3v) is 6.89. The van der Waals surface area contributed by atoms with Crippen LogP contribution in [0.4, 0.5) is 11.4 Å². The van der Waals surface area contributed by atoms with Gasteiger partial charge in [0.25, 0.3) is 0 Å². The molecule has 166 valence electrons. The predicted octanol–water partition coefficient (Wildman–Crippen LogP) is 5.05. The van der Waals surface area contributed by atoms with E-state index in [1.54, 1.807) is 7.11 Å². The minimum Gasteiger partial charge on any atom is -0.497 e. The van der Waals surface area contributed by atoms with Crippen molar-refractivity contribution in [2.45, 2.75) is 18.0 Å². The molecule has 5 rings (SSSR count). The number of aryl methyl sites for hydroxylation is 2. The fourth-order valence-corrected chi connectivity index (χ4v) is 4.93. The minimum absolute atomic E-state index is 0.0239. The van der Waals surface area contributed by atoms with Crippen LogP contribution >= 0.6 is 11.8 Å². The van der Waals surface area contributed by atoms with Gasteiger partial charge in [0.05, 0.1) is 24.2 Å². The summed E-state index contributed by atoms with van der Waals surface area (Å²) in [5.74, 6) is 1.82. The number of carbonyl (C=O) groups excluding carboxylic acids is 1. The van der Waals surface area contributed by atoms with Crippen molar-refractivity contribution in [1.82, 2.24) is 14.8 Å². The molecule has 0 N–H and O–H groups in total. The molecule has 6 nitrogen and oxygen atoms in total. The topological polar surface area (TPSA) is 60.3 Å². The molecule has 4 aromatic rings. The van der Waals surface area contributed by atoms with Gasteiger partial charge in [0, 0.05) is 12.6 Å². The Labute approximate surface area is 197 Å².